The van der Waals surface area contributed by atoms with Crippen LogP contribution < -0.4 is 10.4 Å². The lowest BCUT2D eigenvalue weighted by atomic mass is 10.1. The van der Waals surface area contributed by atoms with Gasteiger partial charge in [0.1, 0.15) is 11.9 Å². The van der Waals surface area contributed by atoms with E-state index < -0.39 is 9.84 Å². The zero-order valence-electron chi connectivity index (χ0n) is 13.9. The van der Waals surface area contributed by atoms with Crippen molar-refractivity contribution in [3.63, 3.8) is 0 Å². The van der Waals surface area contributed by atoms with Crippen LogP contribution in [0.1, 0.15) is 5.56 Å². The van der Waals surface area contributed by atoms with Gasteiger partial charge in [-0.05, 0) is 18.2 Å². The smallest absolute Gasteiger partial charge is 0.153 e. The summed E-state index contributed by atoms with van der Waals surface area (Å²) in [6, 6.07) is 4.90. The average molecular weight is 379 g/mol. The van der Waals surface area contributed by atoms with Gasteiger partial charge in [0.25, 0.3) is 0 Å². The minimum absolute atomic E-state index is 0.0543. The first-order chi connectivity index (χ1) is 12.5. The topological polar surface area (TPSA) is 89.4 Å². The highest BCUT2D eigenvalue weighted by molar-refractivity contribution is 7.91. The number of hydrogen-bond donors (Lipinski definition) is 1. The Labute approximate surface area is 150 Å². The van der Waals surface area contributed by atoms with Crippen molar-refractivity contribution in [1.29, 1.82) is 0 Å². The minimum Gasteiger partial charge on any atom is -0.367 e. The zero-order valence-corrected chi connectivity index (χ0v) is 14.7. The lowest BCUT2D eigenvalue weighted by Gasteiger charge is -2.29. The summed E-state index contributed by atoms with van der Waals surface area (Å²) >= 11 is 0. The van der Waals surface area contributed by atoms with E-state index in [2.05, 4.69) is 15.8 Å². The molecule has 4 rings (SSSR count). The molecule has 2 aliphatic rings. The van der Waals surface area contributed by atoms with Crippen molar-refractivity contribution in [3.05, 3.63) is 48.0 Å². The van der Waals surface area contributed by atoms with E-state index in [1.54, 1.807) is 34.1 Å². The molecule has 0 radical (unpaired) electrons. The molecule has 1 aromatic heterocycles. The number of halogens is 1. The first-order valence-electron chi connectivity index (χ1n) is 8.23. The van der Waals surface area contributed by atoms with Crippen molar-refractivity contribution < 1.29 is 17.6 Å². The zero-order chi connectivity index (χ0) is 18.1. The Morgan fingerprint density at radius 1 is 1.31 bits per heavy atom. The average Bonchev–Trinajstić information content (AvgIpc) is 3.28. The van der Waals surface area contributed by atoms with Gasteiger partial charge in [0.2, 0.25) is 0 Å². The second kappa shape index (κ2) is 6.69. The van der Waals surface area contributed by atoms with Gasteiger partial charge < -0.3 is 4.90 Å². The van der Waals surface area contributed by atoms with Crippen molar-refractivity contribution in [3.8, 4) is 0 Å². The standard InChI is InChI=1S/C16H18FN5O3S/c17-14-9-12(1-2-16(14)21-5-7-26(23,24)8-6-21)15-10-13(25-19-15)11-22-4-3-18-20-22/h1-4,9-10,13,19H,5-8,11H2. The second-order valence-corrected chi connectivity index (χ2v) is 8.57. The van der Waals surface area contributed by atoms with Gasteiger partial charge in [-0.1, -0.05) is 11.3 Å². The van der Waals surface area contributed by atoms with E-state index in [1.807, 2.05) is 6.08 Å². The fraction of sp³-hybridized carbons (Fsp3) is 0.375. The molecule has 0 spiro atoms. The number of aromatic nitrogens is 3. The van der Waals surface area contributed by atoms with Crippen molar-refractivity contribution in [2.45, 2.75) is 12.6 Å². The molecule has 1 N–H and O–H groups in total. The Hall–Kier alpha value is -2.46. The van der Waals surface area contributed by atoms with E-state index in [4.69, 9.17) is 4.84 Å². The van der Waals surface area contributed by atoms with Gasteiger partial charge in [0.05, 0.1) is 35.6 Å². The lowest BCUT2D eigenvalue weighted by molar-refractivity contribution is 0.0395. The molecule has 1 fully saturated rings. The predicted molar refractivity (Wildman–Crippen MR) is 93.3 cm³/mol. The van der Waals surface area contributed by atoms with Crippen molar-refractivity contribution in [1.82, 2.24) is 20.5 Å². The summed E-state index contributed by atoms with van der Waals surface area (Å²) in [4.78, 5) is 7.24. The molecule has 2 aliphatic heterocycles. The highest BCUT2D eigenvalue weighted by atomic mass is 32.2. The van der Waals surface area contributed by atoms with Crippen LogP contribution in [-0.2, 0) is 21.2 Å². The molecular formula is C16H18FN5O3S. The summed E-state index contributed by atoms with van der Waals surface area (Å²) in [6.45, 7) is 1.12. The fourth-order valence-corrected chi connectivity index (χ4v) is 4.24. The number of benzene rings is 1. The summed E-state index contributed by atoms with van der Waals surface area (Å²) in [5, 5.41) is 7.63. The number of hydrogen-bond acceptors (Lipinski definition) is 7. The normalized spacial score (nSPS) is 22.1. The molecule has 0 amide bonds. The molecule has 138 valence electrons. The minimum atomic E-state index is -3.00. The van der Waals surface area contributed by atoms with Crippen LogP contribution in [0.5, 0.6) is 0 Å². The first kappa shape index (κ1) is 17.0. The number of nitrogens with zero attached hydrogens (tertiary/aromatic N) is 4. The van der Waals surface area contributed by atoms with E-state index >= 15 is 0 Å². The largest absolute Gasteiger partial charge is 0.367 e. The molecule has 0 aliphatic carbocycles. The summed E-state index contributed by atoms with van der Waals surface area (Å²) in [5.74, 6) is -0.276. The van der Waals surface area contributed by atoms with E-state index in [-0.39, 0.29) is 23.4 Å². The second-order valence-electron chi connectivity index (χ2n) is 6.27. The Morgan fingerprint density at radius 3 is 2.81 bits per heavy atom. The molecule has 3 heterocycles. The van der Waals surface area contributed by atoms with Crippen LogP contribution in [0.4, 0.5) is 10.1 Å². The third kappa shape index (κ3) is 3.56. The molecule has 1 saturated heterocycles. The molecule has 10 heteroatoms. The summed E-state index contributed by atoms with van der Waals surface area (Å²) in [7, 11) is -3.00. The Kier molecular flexibility index (Phi) is 4.37. The van der Waals surface area contributed by atoms with E-state index in [0.717, 1.165) is 0 Å². The molecular weight excluding hydrogens is 361 g/mol. The SMILES string of the molecule is O=S1(=O)CCN(c2ccc(C3=CC(Cn4ccnn4)ON3)cc2F)CC1. The third-order valence-corrected chi connectivity index (χ3v) is 6.06. The van der Waals surface area contributed by atoms with Gasteiger partial charge in [-0.3, -0.25) is 10.3 Å². The molecule has 2 aromatic rings. The maximum atomic E-state index is 14.6. The number of sulfone groups is 1. The molecule has 0 bridgehead atoms. The monoisotopic (exact) mass is 379 g/mol. The maximum absolute atomic E-state index is 14.6. The van der Waals surface area contributed by atoms with Crippen LogP contribution in [0.3, 0.4) is 0 Å². The quantitative estimate of drug-likeness (QED) is 0.832. The third-order valence-electron chi connectivity index (χ3n) is 4.46. The van der Waals surface area contributed by atoms with Crippen molar-refractivity contribution >= 4 is 21.2 Å². The predicted octanol–water partition coefficient (Wildman–Crippen LogP) is 0.596. The van der Waals surface area contributed by atoms with E-state index in [1.165, 1.54) is 6.07 Å². The Morgan fingerprint density at radius 2 is 2.12 bits per heavy atom. The van der Waals surface area contributed by atoms with Gasteiger partial charge in [0.15, 0.2) is 9.84 Å². The van der Waals surface area contributed by atoms with E-state index in [9.17, 15) is 12.8 Å². The van der Waals surface area contributed by atoms with Crippen LogP contribution in [-0.4, -0.2) is 54.1 Å². The van der Waals surface area contributed by atoms with Crippen LogP contribution in [0.2, 0.25) is 0 Å². The Balaban J connectivity index is 1.48. The van der Waals surface area contributed by atoms with Gasteiger partial charge in [-0.15, -0.1) is 5.10 Å². The highest BCUT2D eigenvalue weighted by Gasteiger charge is 2.24. The van der Waals surface area contributed by atoms with Gasteiger partial charge in [-0.2, -0.15) is 0 Å². The Bertz CT molecular complexity index is 915. The van der Waals surface area contributed by atoms with Crippen molar-refractivity contribution in [2.75, 3.05) is 29.5 Å². The number of nitrogens with one attached hydrogen (secondary N) is 1. The van der Waals surface area contributed by atoms with E-state index in [0.29, 0.717) is 36.6 Å². The molecule has 1 atom stereocenters. The number of rotatable bonds is 4. The van der Waals surface area contributed by atoms with Crippen LogP contribution >= 0.6 is 0 Å². The molecule has 26 heavy (non-hydrogen) atoms. The highest BCUT2D eigenvalue weighted by Crippen LogP contribution is 2.26. The fourth-order valence-electron chi connectivity index (χ4n) is 3.04. The molecule has 1 unspecified atom stereocenters. The van der Waals surface area contributed by atoms with Gasteiger partial charge >= 0.3 is 0 Å². The number of anilines is 1. The van der Waals surface area contributed by atoms with Crippen LogP contribution in [0.15, 0.2) is 36.7 Å². The van der Waals surface area contributed by atoms with Crippen molar-refractivity contribution in [2.24, 2.45) is 0 Å². The first-order valence-corrected chi connectivity index (χ1v) is 10.1. The molecule has 0 saturated carbocycles. The number of hydroxylamine groups is 1. The lowest BCUT2D eigenvalue weighted by Crippen LogP contribution is -2.40. The summed E-state index contributed by atoms with van der Waals surface area (Å²) < 4.78 is 39.3. The summed E-state index contributed by atoms with van der Waals surface area (Å²) in [5.41, 5.74) is 4.58. The maximum Gasteiger partial charge on any atom is 0.153 e. The van der Waals surface area contributed by atoms with Gasteiger partial charge in [-0.25, -0.2) is 17.5 Å². The molecule has 1 aromatic carbocycles. The summed E-state index contributed by atoms with van der Waals surface area (Å²) in [6.07, 6.45) is 4.96. The molecule has 8 nitrogen and oxygen atoms in total. The van der Waals surface area contributed by atoms with Crippen LogP contribution in [0.25, 0.3) is 5.70 Å². The van der Waals surface area contributed by atoms with Crippen LogP contribution in [0, 0.1) is 5.82 Å². The van der Waals surface area contributed by atoms with Gasteiger partial charge in [0, 0.05) is 24.8 Å².